The van der Waals surface area contributed by atoms with Crippen LogP contribution in [-0.4, -0.2) is 30.6 Å². The lowest BCUT2D eigenvalue weighted by Gasteiger charge is -2.57. The molecule has 0 aliphatic heterocycles. The molecule has 0 spiro atoms. The first-order chi connectivity index (χ1) is 14.0. The van der Waals surface area contributed by atoms with Crippen LogP contribution in [0.2, 0.25) is 0 Å². The Morgan fingerprint density at radius 2 is 1.83 bits per heavy atom. The number of aliphatic imine (C=N–C) groups is 1. The summed E-state index contributed by atoms with van der Waals surface area (Å²) in [4.78, 5) is 4.99. The van der Waals surface area contributed by atoms with Crippen LogP contribution in [0.15, 0.2) is 29.3 Å². The molecule has 4 aliphatic carbocycles. The molecule has 4 aliphatic rings. The van der Waals surface area contributed by atoms with Crippen molar-refractivity contribution in [3.05, 3.63) is 29.8 Å². The first-order valence-electron chi connectivity index (χ1n) is 10.5. The van der Waals surface area contributed by atoms with Crippen molar-refractivity contribution in [2.75, 3.05) is 0 Å². The number of nitrogens with one attached hydrogen (secondary N) is 1. The van der Waals surface area contributed by atoms with Gasteiger partial charge in [-0.15, -0.1) is 0 Å². The monoisotopic (exact) mass is 430 g/mol. The number of primary sulfonamides is 1. The van der Waals surface area contributed by atoms with Gasteiger partial charge < -0.3 is 4.74 Å². The number of nitrogens with two attached hydrogens (primary N) is 1. The average molecular weight is 431 g/mol. The maximum atomic E-state index is 12.4. The highest BCUT2D eigenvalue weighted by Crippen LogP contribution is 2.59. The Hall–Kier alpha value is -2.11. The van der Waals surface area contributed by atoms with E-state index in [4.69, 9.17) is 14.9 Å². The van der Waals surface area contributed by atoms with Gasteiger partial charge in [-0.3, -0.25) is 10.3 Å². The number of hydrogen-bond acceptors (Lipinski definition) is 5. The lowest BCUT2D eigenvalue weighted by Crippen LogP contribution is -2.61. The number of nitrogens with zero attached hydrogens (tertiary/aromatic N) is 2. The van der Waals surface area contributed by atoms with Crippen molar-refractivity contribution in [1.29, 1.82) is 5.26 Å². The van der Waals surface area contributed by atoms with Gasteiger partial charge in [-0.25, -0.2) is 13.6 Å². The summed E-state index contributed by atoms with van der Waals surface area (Å²) in [5.74, 6) is 1.92. The van der Waals surface area contributed by atoms with Crippen molar-refractivity contribution in [3.63, 3.8) is 0 Å². The fourth-order valence-electron chi connectivity index (χ4n) is 5.97. The number of benzene rings is 1. The Morgan fingerprint density at radius 1 is 1.23 bits per heavy atom. The van der Waals surface area contributed by atoms with Gasteiger partial charge in [0.15, 0.2) is 17.6 Å². The summed E-state index contributed by atoms with van der Waals surface area (Å²) in [7, 11) is -3.60. The van der Waals surface area contributed by atoms with E-state index in [0.29, 0.717) is 36.8 Å². The van der Waals surface area contributed by atoms with Gasteiger partial charge in [0.2, 0.25) is 10.0 Å². The molecule has 30 heavy (non-hydrogen) atoms. The quantitative estimate of drug-likeness (QED) is 0.322. The lowest BCUT2D eigenvalue weighted by atomic mass is 9.54. The van der Waals surface area contributed by atoms with Gasteiger partial charge in [-0.05, 0) is 82.8 Å². The van der Waals surface area contributed by atoms with Crippen molar-refractivity contribution in [2.24, 2.45) is 27.9 Å². The van der Waals surface area contributed by atoms with E-state index in [2.05, 4.69) is 5.32 Å². The van der Waals surface area contributed by atoms with Crippen LogP contribution in [0.1, 0.15) is 51.5 Å². The highest BCUT2D eigenvalue weighted by molar-refractivity contribution is 7.90. The van der Waals surface area contributed by atoms with E-state index in [-0.39, 0.29) is 17.9 Å². The van der Waals surface area contributed by atoms with Crippen LogP contribution in [0, 0.1) is 36.1 Å². The summed E-state index contributed by atoms with van der Waals surface area (Å²) in [5, 5.41) is 17.7. The minimum absolute atomic E-state index is 0.0202. The van der Waals surface area contributed by atoms with Gasteiger partial charge in [0.1, 0.15) is 5.75 Å². The third-order valence-electron chi connectivity index (χ3n) is 7.19. The van der Waals surface area contributed by atoms with E-state index in [9.17, 15) is 13.7 Å². The number of ether oxygens (including phenoxy) is 1. The zero-order chi connectivity index (χ0) is 21.7. The molecule has 0 radical (unpaired) electrons. The first kappa shape index (κ1) is 21.1. The Labute approximate surface area is 178 Å². The van der Waals surface area contributed by atoms with Crippen molar-refractivity contribution in [2.45, 2.75) is 69.3 Å². The van der Waals surface area contributed by atoms with Crippen LogP contribution >= 0.6 is 0 Å². The molecule has 2 unspecified atom stereocenters. The zero-order valence-electron chi connectivity index (χ0n) is 17.8. The van der Waals surface area contributed by atoms with Gasteiger partial charge in [0, 0.05) is 0 Å². The normalized spacial score (nSPS) is 33.2. The van der Waals surface area contributed by atoms with E-state index < -0.39 is 20.4 Å². The molecule has 7 nitrogen and oxygen atoms in total. The van der Waals surface area contributed by atoms with E-state index in [1.165, 1.54) is 0 Å². The minimum Gasteiger partial charge on any atom is -0.480 e. The average Bonchev–Trinajstić information content (AvgIpc) is 2.64. The number of amidine groups is 1. The van der Waals surface area contributed by atoms with Crippen LogP contribution in [-0.2, 0) is 10.0 Å². The minimum atomic E-state index is -3.60. The van der Waals surface area contributed by atoms with Crippen LogP contribution in [0.25, 0.3) is 0 Å². The summed E-state index contributed by atoms with van der Waals surface area (Å²) in [6.45, 7) is 5.79. The van der Waals surface area contributed by atoms with Gasteiger partial charge in [-0.2, -0.15) is 5.26 Å². The third kappa shape index (κ3) is 3.69. The molecule has 2 atom stereocenters. The predicted molar refractivity (Wildman–Crippen MR) is 115 cm³/mol. The Morgan fingerprint density at radius 3 is 2.37 bits per heavy atom. The van der Waals surface area contributed by atoms with Crippen molar-refractivity contribution >= 4 is 15.9 Å². The Kier molecular flexibility index (Phi) is 5.10. The summed E-state index contributed by atoms with van der Waals surface area (Å²) >= 11 is 0. The third-order valence-corrected chi connectivity index (χ3v) is 8.89. The molecular weight excluding hydrogens is 400 g/mol. The fraction of sp³-hybridized carbons (Fsp3) is 0.636. The maximum Gasteiger partial charge on any atom is 0.214 e. The number of rotatable bonds is 5. The topological polar surface area (TPSA) is 118 Å². The molecule has 1 aromatic rings. The van der Waals surface area contributed by atoms with E-state index in [0.717, 1.165) is 18.4 Å². The Bertz CT molecular complexity index is 978. The van der Waals surface area contributed by atoms with Crippen molar-refractivity contribution in [1.82, 2.24) is 5.32 Å². The Balaban J connectivity index is 1.61. The first-order valence-corrected chi connectivity index (χ1v) is 12.1. The second-order valence-corrected chi connectivity index (χ2v) is 11.8. The summed E-state index contributed by atoms with van der Waals surface area (Å²) < 4.78 is 30.1. The number of nitriles is 1. The lowest BCUT2D eigenvalue weighted by molar-refractivity contribution is 0.0138. The van der Waals surface area contributed by atoms with Crippen molar-refractivity contribution < 1.29 is 13.2 Å². The van der Waals surface area contributed by atoms with E-state index in [1.54, 1.807) is 0 Å². The second-order valence-electron chi connectivity index (χ2n) is 9.83. The molecule has 162 valence electrons. The summed E-state index contributed by atoms with van der Waals surface area (Å²) in [6.07, 6.45) is 5.75. The molecule has 4 fully saturated rings. The van der Waals surface area contributed by atoms with E-state index >= 15 is 0 Å². The molecule has 0 saturated heterocycles. The standard InChI is InChI=1S/C22H30N4O3S/c1-14-4-6-18(7-5-14)29-21(2,3)20(25-13-23)26-19-16-8-15-9-17(19)12-22(10-15,11-16)30(24,27)28/h4-7,15-17,19H,8-12H2,1-3H3,(H,25,26)(H2,24,27,28). The predicted octanol–water partition coefficient (Wildman–Crippen LogP) is 2.86. The molecule has 0 heterocycles. The molecule has 4 bridgehead atoms. The van der Waals surface area contributed by atoms with Crippen LogP contribution in [0.3, 0.4) is 0 Å². The molecule has 0 aromatic heterocycles. The largest absolute Gasteiger partial charge is 0.480 e. The highest BCUT2D eigenvalue weighted by Gasteiger charge is 2.60. The van der Waals surface area contributed by atoms with Gasteiger partial charge in [0.05, 0.1) is 10.8 Å². The fourth-order valence-corrected chi connectivity index (χ4v) is 7.33. The smallest absolute Gasteiger partial charge is 0.214 e. The molecule has 0 amide bonds. The molecule has 1 aromatic carbocycles. The summed E-state index contributed by atoms with van der Waals surface area (Å²) in [5.41, 5.74) is 0.304. The van der Waals surface area contributed by atoms with E-state index in [1.807, 2.05) is 51.2 Å². The zero-order valence-corrected chi connectivity index (χ0v) is 18.6. The van der Waals surface area contributed by atoms with Crippen LogP contribution in [0.5, 0.6) is 5.75 Å². The van der Waals surface area contributed by atoms with Gasteiger partial charge in [0.25, 0.3) is 0 Å². The maximum absolute atomic E-state index is 12.4. The highest BCUT2D eigenvalue weighted by atomic mass is 32.2. The van der Waals surface area contributed by atoms with Gasteiger partial charge in [-0.1, -0.05) is 17.7 Å². The number of hydrogen-bond donors (Lipinski definition) is 2. The number of aryl methyl sites for hydroxylation is 1. The molecule has 8 heteroatoms. The second kappa shape index (κ2) is 7.24. The molecule has 5 rings (SSSR count). The SMILES string of the molecule is Cc1ccc(OC(C)(C)C(=NC2C3CC4CC2CC(S(N)(=O)=O)(C4)C3)NC#N)cc1. The van der Waals surface area contributed by atoms with Gasteiger partial charge >= 0.3 is 0 Å². The van der Waals surface area contributed by atoms with Crippen LogP contribution < -0.4 is 15.2 Å². The number of sulfonamides is 1. The molecule has 4 saturated carbocycles. The molecule has 3 N–H and O–H groups in total. The molecular formula is C22H30N4O3S. The summed E-state index contributed by atoms with van der Waals surface area (Å²) in [6, 6.07) is 7.74. The van der Waals surface area contributed by atoms with Crippen LogP contribution in [0.4, 0.5) is 0 Å². The van der Waals surface area contributed by atoms with Crippen molar-refractivity contribution in [3.8, 4) is 11.9 Å².